The monoisotopic (exact) mass is 570 g/mol. The Morgan fingerprint density at radius 1 is 1.15 bits per heavy atom. The van der Waals surface area contributed by atoms with Crippen LogP contribution in [0.3, 0.4) is 0 Å². The number of anilines is 1. The molecule has 41 heavy (non-hydrogen) atoms. The fourth-order valence-corrected chi connectivity index (χ4v) is 6.57. The zero-order chi connectivity index (χ0) is 30.8. The summed E-state index contributed by atoms with van der Waals surface area (Å²) in [6.45, 7) is 7.40. The number of allylic oxidation sites excluding steroid dienone is 1. The first kappa shape index (κ1) is 30.5. The summed E-state index contributed by atoms with van der Waals surface area (Å²) in [6.07, 6.45) is 1.20. The molecule has 4 rings (SSSR count). The third-order valence-electron chi connectivity index (χ3n) is 8.63. The van der Waals surface area contributed by atoms with Crippen LogP contribution in [0.2, 0.25) is 0 Å². The molecule has 224 valence electrons. The largest absolute Gasteiger partial charge is 0.510 e. The quantitative estimate of drug-likeness (QED) is 0.209. The van der Waals surface area contributed by atoms with Gasteiger partial charge in [0.15, 0.2) is 11.4 Å². The summed E-state index contributed by atoms with van der Waals surface area (Å²) < 4.78 is 0. The van der Waals surface area contributed by atoms with Crippen molar-refractivity contribution in [2.75, 3.05) is 39.6 Å². The van der Waals surface area contributed by atoms with E-state index in [1.165, 1.54) is 4.90 Å². The first-order valence-electron chi connectivity index (χ1n) is 13.8. The van der Waals surface area contributed by atoms with E-state index in [2.05, 4.69) is 26.1 Å². The lowest BCUT2D eigenvalue weighted by Crippen LogP contribution is -2.63. The third-order valence-corrected chi connectivity index (χ3v) is 8.63. The van der Waals surface area contributed by atoms with E-state index >= 15 is 0 Å². The highest BCUT2D eigenvalue weighted by Gasteiger charge is 2.63. The van der Waals surface area contributed by atoms with Crippen molar-refractivity contribution in [2.45, 2.75) is 58.2 Å². The second-order valence-electron chi connectivity index (χ2n) is 13.1. The minimum absolute atomic E-state index is 0.0182. The van der Waals surface area contributed by atoms with Gasteiger partial charge in [0.2, 0.25) is 5.78 Å². The van der Waals surface area contributed by atoms with E-state index < -0.39 is 58.0 Å². The number of phenols is 1. The number of Topliss-reactive ketones (excluding diaryl/α,β-unsaturated/α-hetero) is 2. The zero-order valence-electron chi connectivity index (χ0n) is 24.8. The van der Waals surface area contributed by atoms with E-state index in [1.54, 1.807) is 14.1 Å². The molecule has 1 aromatic carbocycles. The van der Waals surface area contributed by atoms with Crippen LogP contribution >= 0.6 is 0 Å². The second-order valence-corrected chi connectivity index (χ2v) is 13.1. The normalized spacial score (nSPS) is 26.2. The Labute approximate surface area is 240 Å². The Bertz CT molecular complexity index is 1370. The molecule has 0 saturated heterocycles. The first-order valence-corrected chi connectivity index (χ1v) is 13.8. The van der Waals surface area contributed by atoms with E-state index in [1.807, 2.05) is 25.1 Å². The number of nitrogens with one attached hydrogen (secondary N) is 1. The molecule has 3 aliphatic carbocycles. The van der Waals surface area contributed by atoms with E-state index in [0.29, 0.717) is 24.2 Å². The molecule has 0 fully saturated rings. The van der Waals surface area contributed by atoms with Crippen molar-refractivity contribution in [3.05, 3.63) is 45.4 Å². The lowest BCUT2D eigenvalue weighted by atomic mass is 9.58. The summed E-state index contributed by atoms with van der Waals surface area (Å²) in [6, 6.07) is 0.823. The van der Waals surface area contributed by atoms with Gasteiger partial charge in [-0.25, -0.2) is 0 Å². The number of amides is 1. The first-order chi connectivity index (χ1) is 18.9. The van der Waals surface area contributed by atoms with Gasteiger partial charge < -0.3 is 36.4 Å². The number of ketones is 2. The smallest absolute Gasteiger partial charge is 0.255 e. The predicted molar refractivity (Wildman–Crippen MR) is 154 cm³/mol. The molecule has 3 aliphatic rings. The van der Waals surface area contributed by atoms with Gasteiger partial charge in [-0.3, -0.25) is 19.3 Å². The van der Waals surface area contributed by atoms with Crippen LogP contribution in [-0.4, -0.2) is 89.2 Å². The Morgan fingerprint density at radius 3 is 2.32 bits per heavy atom. The summed E-state index contributed by atoms with van der Waals surface area (Å²) in [7, 11) is 6.89. The van der Waals surface area contributed by atoms with Crippen LogP contribution in [0, 0.1) is 17.3 Å². The van der Waals surface area contributed by atoms with Crippen LogP contribution in [0.15, 0.2) is 28.7 Å². The predicted octanol–water partition coefficient (Wildman–Crippen LogP) is 1.71. The number of rotatable bonds is 7. The number of likely N-dealkylation sites (N-methyl/N-ethyl adjacent to an activating group) is 1. The van der Waals surface area contributed by atoms with Gasteiger partial charge in [0, 0.05) is 43.4 Å². The maximum Gasteiger partial charge on any atom is 0.255 e. The summed E-state index contributed by atoms with van der Waals surface area (Å²) in [4.78, 5) is 43.1. The SMILES string of the molecule is CN(C)c1cc(CNCCC(C)(C)C)c(O)c2c1C[C@H]1C[C@H]3C(N(C)C)C(O)=C(C(N)=O)C(=O)[C@@]3(O)C(O)=C1C2=O. The topological polar surface area (TPSA) is 177 Å². The standard InChI is InChI=1S/C30H42N4O7/c1-29(2,3)8-9-32-13-15-12-18(33(4)5)16-10-14-11-17-22(34(6)7)25(37)21(28(31)40)27(39)30(17,41)26(38)19(14)24(36)20(16)23(15)35/h12,14,17,22,32,35,37-38,41H,8-11,13H2,1-7H3,(H2,31,40)/t14-,17-,22?,30-/m0/s1. The number of carbonyl (C=O) groups excluding carboxylic acids is 3. The van der Waals surface area contributed by atoms with Gasteiger partial charge in [0.1, 0.15) is 22.8 Å². The molecule has 11 nitrogen and oxygen atoms in total. The van der Waals surface area contributed by atoms with Crippen molar-refractivity contribution >= 4 is 23.2 Å². The molecule has 1 aromatic rings. The van der Waals surface area contributed by atoms with Crippen molar-refractivity contribution in [2.24, 2.45) is 23.0 Å². The summed E-state index contributed by atoms with van der Waals surface area (Å²) in [5.41, 5.74) is 3.74. The molecular formula is C30H42N4O7. The van der Waals surface area contributed by atoms with Gasteiger partial charge >= 0.3 is 0 Å². The Balaban J connectivity index is 1.85. The molecule has 4 atom stereocenters. The Morgan fingerprint density at radius 2 is 1.78 bits per heavy atom. The highest BCUT2D eigenvalue weighted by atomic mass is 16.3. The van der Waals surface area contributed by atoms with Crippen molar-refractivity contribution in [3.63, 3.8) is 0 Å². The number of fused-ring (bicyclic) bond motifs is 3. The number of benzene rings is 1. The average molecular weight is 571 g/mol. The molecular weight excluding hydrogens is 528 g/mol. The number of primary amides is 1. The van der Waals surface area contributed by atoms with Crippen LogP contribution in [0.1, 0.15) is 55.1 Å². The minimum Gasteiger partial charge on any atom is -0.510 e. The van der Waals surface area contributed by atoms with E-state index in [0.717, 1.165) is 12.1 Å². The molecule has 0 bridgehead atoms. The van der Waals surface area contributed by atoms with Crippen molar-refractivity contribution in [3.8, 4) is 5.75 Å². The summed E-state index contributed by atoms with van der Waals surface area (Å²) >= 11 is 0. The number of hydrogen-bond acceptors (Lipinski definition) is 10. The van der Waals surface area contributed by atoms with Gasteiger partial charge in [-0.05, 0) is 62.9 Å². The van der Waals surface area contributed by atoms with Crippen LogP contribution < -0.4 is 16.0 Å². The van der Waals surface area contributed by atoms with Gasteiger partial charge in [0.25, 0.3) is 5.91 Å². The second kappa shape index (κ2) is 10.5. The van der Waals surface area contributed by atoms with Crippen LogP contribution in [0.5, 0.6) is 5.75 Å². The van der Waals surface area contributed by atoms with Crippen molar-refractivity contribution in [1.29, 1.82) is 0 Å². The number of nitrogens with two attached hydrogens (primary N) is 1. The molecule has 1 unspecified atom stereocenters. The van der Waals surface area contributed by atoms with Crippen LogP contribution in [0.25, 0.3) is 0 Å². The van der Waals surface area contributed by atoms with Crippen LogP contribution in [-0.2, 0) is 22.6 Å². The number of aliphatic hydroxyl groups excluding tert-OH is 2. The van der Waals surface area contributed by atoms with Gasteiger partial charge in [0.05, 0.1) is 11.6 Å². The van der Waals surface area contributed by atoms with E-state index in [9.17, 15) is 34.8 Å². The fourth-order valence-electron chi connectivity index (χ4n) is 6.57. The Kier molecular flexibility index (Phi) is 7.79. The molecule has 1 amide bonds. The zero-order valence-corrected chi connectivity index (χ0v) is 24.8. The molecule has 0 spiro atoms. The summed E-state index contributed by atoms with van der Waals surface area (Å²) in [5, 5.41) is 48.9. The van der Waals surface area contributed by atoms with E-state index in [-0.39, 0.29) is 35.1 Å². The Hall–Kier alpha value is -3.41. The van der Waals surface area contributed by atoms with E-state index in [4.69, 9.17) is 5.73 Å². The molecule has 0 aliphatic heterocycles. The number of nitrogens with zero attached hydrogens (tertiary/aromatic N) is 2. The fraction of sp³-hybridized carbons (Fsp3) is 0.567. The number of carbonyl (C=O) groups is 3. The molecule has 0 saturated carbocycles. The highest BCUT2D eigenvalue weighted by Crippen LogP contribution is 2.53. The number of aromatic hydroxyl groups is 1. The molecule has 11 heteroatoms. The van der Waals surface area contributed by atoms with Crippen molar-refractivity contribution < 1.29 is 34.8 Å². The lowest BCUT2D eigenvalue weighted by molar-refractivity contribution is -0.148. The van der Waals surface area contributed by atoms with Gasteiger partial charge in [-0.15, -0.1) is 0 Å². The number of aliphatic hydroxyl groups is 3. The highest BCUT2D eigenvalue weighted by molar-refractivity contribution is 6.24. The molecule has 0 aromatic heterocycles. The van der Waals surface area contributed by atoms with Gasteiger partial charge in [-0.1, -0.05) is 20.8 Å². The molecule has 0 heterocycles. The molecule has 0 radical (unpaired) electrons. The molecule has 7 N–H and O–H groups in total. The number of phenolic OH excluding ortho intramolecular Hbond substituents is 1. The maximum absolute atomic E-state index is 14.1. The van der Waals surface area contributed by atoms with Crippen LogP contribution in [0.4, 0.5) is 5.69 Å². The average Bonchev–Trinajstić information content (AvgIpc) is 2.83. The third kappa shape index (κ3) is 4.89. The lowest BCUT2D eigenvalue weighted by Gasteiger charge is -2.50. The maximum atomic E-state index is 14.1. The van der Waals surface area contributed by atoms with Crippen molar-refractivity contribution in [1.82, 2.24) is 10.2 Å². The minimum atomic E-state index is -2.66. The van der Waals surface area contributed by atoms with Gasteiger partial charge in [-0.2, -0.15) is 0 Å². The summed E-state index contributed by atoms with van der Waals surface area (Å²) in [5.74, 6) is -6.53. The number of hydrogen-bond donors (Lipinski definition) is 6.